The van der Waals surface area contributed by atoms with Gasteiger partial charge in [-0.15, -0.1) is 17.0 Å². The molecule has 2 unspecified atom stereocenters. The quantitative estimate of drug-likeness (QED) is 0.771. The topological polar surface area (TPSA) is 69.6 Å². The van der Waals surface area contributed by atoms with Gasteiger partial charge in [-0.05, 0) is 30.7 Å². The molecule has 2 rings (SSSR count). The molecule has 5 heteroatoms. The van der Waals surface area contributed by atoms with Gasteiger partial charge >= 0.3 is 5.97 Å². The zero-order chi connectivity index (χ0) is 10.8. The number of aliphatic carboxylic acids is 1. The van der Waals surface area contributed by atoms with Crippen LogP contribution in [-0.4, -0.2) is 28.8 Å². The van der Waals surface area contributed by atoms with Crippen molar-refractivity contribution >= 4 is 23.0 Å². The molecule has 2 atom stereocenters. The second kappa shape index (κ2) is 5.32. The second-order valence-corrected chi connectivity index (χ2v) is 3.76. The first kappa shape index (κ1) is 13.0. The maximum absolute atomic E-state index is 10.9. The molecule has 0 amide bonds. The van der Waals surface area contributed by atoms with E-state index in [0.717, 1.165) is 18.5 Å². The molecule has 1 aromatic rings. The Labute approximate surface area is 104 Å². The third-order valence-corrected chi connectivity index (χ3v) is 2.81. The highest BCUT2D eigenvalue weighted by Crippen LogP contribution is 2.28. The fourth-order valence-electron chi connectivity index (χ4n) is 2.04. The summed E-state index contributed by atoms with van der Waals surface area (Å²) in [6, 6.07) is 6.24. The number of rotatable bonds is 2. The van der Waals surface area contributed by atoms with Crippen molar-refractivity contribution in [2.45, 2.75) is 18.4 Å². The molecule has 0 radical (unpaired) electrons. The van der Waals surface area contributed by atoms with E-state index in [4.69, 9.17) is 10.2 Å². The van der Waals surface area contributed by atoms with Gasteiger partial charge < -0.3 is 15.5 Å². The molecule has 3 N–H and O–H groups in total. The summed E-state index contributed by atoms with van der Waals surface area (Å²) < 4.78 is 0. The number of carbonyl (C=O) groups is 1. The Balaban J connectivity index is 0.00000128. The zero-order valence-electron chi connectivity index (χ0n) is 8.59. The number of halogens is 1. The number of phenolic OH excluding ortho intramolecular Hbond substituents is 1. The van der Waals surface area contributed by atoms with E-state index in [0.29, 0.717) is 0 Å². The van der Waals surface area contributed by atoms with Gasteiger partial charge in [-0.3, -0.25) is 4.79 Å². The summed E-state index contributed by atoms with van der Waals surface area (Å²) in [5.41, 5.74) is 0.963. The molecule has 1 heterocycles. The molecular formula is C11H14BrNO3. The van der Waals surface area contributed by atoms with Crippen molar-refractivity contribution in [3.8, 4) is 5.75 Å². The molecule has 1 aliphatic heterocycles. The molecular weight excluding hydrogens is 274 g/mol. The number of carboxylic acids is 1. The number of aromatic hydroxyl groups is 1. The molecule has 0 saturated carbocycles. The van der Waals surface area contributed by atoms with Gasteiger partial charge in [-0.25, -0.2) is 0 Å². The number of benzene rings is 1. The second-order valence-electron chi connectivity index (χ2n) is 3.76. The normalized spacial score (nSPS) is 23.8. The third kappa shape index (κ3) is 2.54. The smallest absolute Gasteiger partial charge is 0.321 e. The Morgan fingerprint density at radius 3 is 2.50 bits per heavy atom. The van der Waals surface area contributed by atoms with Crippen molar-refractivity contribution in [3.05, 3.63) is 29.8 Å². The van der Waals surface area contributed by atoms with E-state index in [1.165, 1.54) is 0 Å². The van der Waals surface area contributed by atoms with Crippen LogP contribution in [-0.2, 0) is 4.79 Å². The van der Waals surface area contributed by atoms with E-state index < -0.39 is 12.0 Å². The Bertz CT molecular complexity index is 366. The number of nitrogens with one attached hydrogen (secondary N) is 1. The fourth-order valence-corrected chi connectivity index (χ4v) is 2.04. The van der Waals surface area contributed by atoms with Crippen molar-refractivity contribution in [2.24, 2.45) is 0 Å². The Morgan fingerprint density at radius 1 is 1.31 bits per heavy atom. The first-order valence-corrected chi connectivity index (χ1v) is 4.93. The van der Waals surface area contributed by atoms with E-state index in [1.54, 1.807) is 24.3 Å². The molecule has 88 valence electrons. The monoisotopic (exact) mass is 287 g/mol. The minimum absolute atomic E-state index is 0. The van der Waals surface area contributed by atoms with E-state index in [9.17, 15) is 4.79 Å². The lowest BCUT2D eigenvalue weighted by atomic mass is 9.92. The molecule has 1 saturated heterocycles. The highest BCUT2D eigenvalue weighted by Gasteiger charge is 2.33. The summed E-state index contributed by atoms with van der Waals surface area (Å²) in [5.74, 6) is -0.606. The van der Waals surface area contributed by atoms with Crippen LogP contribution in [0.5, 0.6) is 5.75 Å². The molecule has 0 aliphatic carbocycles. The lowest BCUT2D eigenvalue weighted by Gasteiger charge is -2.15. The molecule has 1 aromatic carbocycles. The summed E-state index contributed by atoms with van der Waals surface area (Å²) in [6.07, 6.45) is 0.821. The van der Waals surface area contributed by atoms with Crippen LogP contribution in [0.2, 0.25) is 0 Å². The van der Waals surface area contributed by atoms with Crippen LogP contribution >= 0.6 is 17.0 Å². The Hall–Kier alpha value is -1.07. The van der Waals surface area contributed by atoms with Crippen molar-refractivity contribution < 1.29 is 15.0 Å². The van der Waals surface area contributed by atoms with Gasteiger partial charge in [0.2, 0.25) is 0 Å². The summed E-state index contributed by atoms with van der Waals surface area (Å²) in [4.78, 5) is 10.9. The van der Waals surface area contributed by atoms with Crippen LogP contribution in [0.25, 0.3) is 0 Å². The standard InChI is InChI=1S/C11H13NO3.BrH/c13-8-3-1-7(2-4-8)9-5-6-12-10(9)11(14)15;/h1-4,9-10,12-13H,5-6H2,(H,14,15);1H. The lowest BCUT2D eigenvalue weighted by molar-refractivity contribution is -0.139. The summed E-state index contributed by atoms with van der Waals surface area (Å²) in [5, 5.41) is 21.1. The molecule has 0 spiro atoms. The molecule has 0 aromatic heterocycles. The SMILES string of the molecule is Br.O=C(O)C1NCCC1c1ccc(O)cc1. The fraction of sp³-hybridized carbons (Fsp3) is 0.364. The molecule has 1 fully saturated rings. The van der Waals surface area contributed by atoms with Crippen LogP contribution in [0, 0.1) is 0 Å². The van der Waals surface area contributed by atoms with Crippen LogP contribution < -0.4 is 5.32 Å². The highest BCUT2D eigenvalue weighted by atomic mass is 79.9. The number of carboxylic acid groups (broad SMARTS) is 1. The molecule has 1 aliphatic rings. The Morgan fingerprint density at radius 2 is 1.94 bits per heavy atom. The number of phenols is 1. The number of hydrogen-bond acceptors (Lipinski definition) is 3. The van der Waals surface area contributed by atoms with Crippen molar-refractivity contribution in [2.75, 3.05) is 6.54 Å². The molecule has 4 nitrogen and oxygen atoms in total. The van der Waals surface area contributed by atoms with Crippen molar-refractivity contribution in [1.82, 2.24) is 5.32 Å². The zero-order valence-corrected chi connectivity index (χ0v) is 10.3. The predicted molar refractivity (Wildman–Crippen MR) is 65.2 cm³/mol. The van der Waals surface area contributed by atoms with Gasteiger partial charge in [0.1, 0.15) is 11.8 Å². The maximum Gasteiger partial charge on any atom is 0.321 e. The summed E-state index contributed by atoms with van der Waals surface area (Å²) in [6.45, 7) is 0.725. The minimum Gasteiger partial charge on any atom is -0.508 e. The van der Waals surface area contributed by atoms with Crippen molar-refractivity contribution in [1.29, 1.82) is 0 Å². The van der Waals surface area contributed by atoms with Gasteiger partial charge in [-0.2, -0.15) is 0 Å². The lowest BCUT2D eigenvalue weighted by Crippen LogP contribution is -2.34. The van der Waals surface area contributed by atoms with Crippen LogP contribution in [0.15, 0.2) is 24.3 Å². The van der Waals surface area contributed by atoms with Crippen molar-refractivity contribution in [3.63, 3.8) is 0 Å². The number of hydrogen-bond donors (Lipinski definition) is 3. The summed E-state index contributed by atoms with van der Waals surface area (Å²) in [7, 11) is 0. The Kier molecular flexibility index (Phi) is 4.32. The van der Waals surface area contributed by atoms with Gasteiger partial charge in [0.15, 0.2) is 0 Å². The van der Waals surface area contributed by atoms with Gasteiger partial charge in [-0.1, -0.05) is 12.1 Å². The van der Waals surface area contributed by atoms with Crippen LogP contribution in [0.3, 0.4) is 0 Å². The largest absolute Gasteiger partial charge is 0.508 e. The van der Waals surface area contributed by atoms with E-state index in [-0.39, 0.29) is 28.6 Å². The first-order valence-electron chi connectivity index (χ1n) is 4.93. The van der Waals surface area contributed by atoms with Crippen LogP contribution in [0.1, 0.15) is 17.9 Å². The van der Waals surface area contributed by atoms with Gasteiger partial charge in [0, 0.05) is 5.92 Å². The van der Waals surface area contributed by atoms with E-state index >= 15 is 0 Å². The third-order valence-electron chi connectivity index (χ3n) is 2.81. The minimum atomic E-state index is -0.814. The van der Waals surface area contributed by atoms with E-state index in [1.807, 2.05) is 0 Å². The van der Waals surface area contributed by atoms with Crippen LogP contribution in [0.4, 0.5) is 0 Å². The molecule has 0 bridgehead atoms. The predicted octanol–water partition coefficient (Wildman–Crippen LogP) is 1.50. The van der Waals surface area contributed by atoms with Gasteiger partial charge in [0.25, 0.3) is 0 Å². The first-order chi connectivity index (χ1) is 7.18. The van der Waals surface area contributed by atoms with Gasteiger partial charge in [0.05, 0.1) is 0 Å². The average Bonchev–Trinajstić information content (AvgIpc) is 2.67. The highest BCUT2D eigenvalue weighted by molar-refractivity contribution is 8.93. The van der Waals surface area contributed by atoms with E-state index in [2.05, 4.69) is 5.32 Å². The summed E-state index contributed by atoms with van der Waals surface area (Å²) >= 11 is 0. The maximum atomic E-state index is 10.9. The average molecular weight is 288 g/mol. The molecule has 16 heavy (non-hydrogen) atoms.